The van der Waals surface area contributed by atoms with E-state index in [4.69, 9.17) is 9.47 Å². The number of hydrogen-bond donors (Lipinski definition) is 0. The minimum Gasteiger partial charge on any atom is -0.454 e. The molecule has 2 aliphatic heterocycles. The Balaban J connectivity index is 1.27. The van der Waals surface area contributed by atoms with Crippen molar-refractivity contribution in [2.24, 2.45) is 0 Å². The number of amides is 1. The van der Waals surface area contributed by atoms with Crippen LogP contribution in [0.5, 0.6) is 11.5 Å². The molecule has 0 aliphatic carbocycles. The monoisotopic (exact) mass is 413 g/mol. The number of carbonyl (C=O) groups is 1. The van der Waals surface area contributed by atoms with Crippen molar-refractivity contribution in [3.8, 4) is 11.5 Å². The summed E-state index contributed by atoms with van der Waals surface area (Å²) in [5.74, 6) is 1.40. The van der Waals surface area contributed by atoms with Crippen LogP contribution in [0, 0.1) is 5.82 Å². The molecule has 0 aromatic heterocycles. The maximum Gasteiger partial charge on any atom is 0.239 e. The molecule has 160 valence electrons. The third kappa shape index (κ3) is 4.74. The van der Waals surface area contributed by atoms with Gasteiger partial charge in [0.1, 0.15) is 5.82 Å². The van der Waals surface area contributed by atoms with Crippen molar-refractivity contribution < 1.29 is 18.7 Å². The highest BCUT2D eigenvalue weighted by Gasteiger charge is 2.27. The van der Waals surface area contributed by atoms with Gasteiger partial charge in [-0.15, -0.1) is 0 Å². The lowest BCUT2D eigenvalue weighted by Crippen LogP contribution is -2.53. The van der Waals surface area contributed by atoms with Crippen LogP contribution >= 0.6 is 0 Å². The molecule has 30 heavy (non-hydrogen) atoms. The standard InChI is InChI=1S/C23H28FN3O3/c1-17(23(28)25(2)14-18-4-3-5-20(24)12-18)27-10-8-26(9-11-27)15-19-6-7-21-22(13-19)30-16-29-21/h3-7,12-13,17H,8-11,14-16H2,1-2H3/t17-/m0/s1. The normalized spacial score (nSPS) is 17.7. The van der Waals surface area contributed by atoms with Crippen LogP contribution < -0.4 is 9.47 Å². The van der Waals surface area contributed by atoms with E-state index in [9.17, 15) is 9.18 Å². The molecular weight excluding hydrogens is 385 g/mol. The van der Waals surface area contributed by atoms with E-state index >= 15 is 0 Å². The molecule has 2 heterocycles. The zero-order chi connectivity index (χ0) is 21.1. The summed E-state index contributed by atoms with van der Waals surface area (Å²) in [6, 6.07) is 12.3. The molecule has 1 atom stereocenters. The Morgan fingerprint density at radius 2 is 1.83 bits per heavy atom. The van der Waals surface area contributed by atoms with Gasteiger partial charge in [-0.25, -0.2) is 4.39 Å². The van der Waals surface area contributed by atoms with E-state index in [2.05, 4.69) is 15.9 Å². The van der Waals surface area contributed by atoms with Crippen molar-refractivity contribution in [1.82, 2.24) is 14.7 Å². The highest BCUT2D eigenvalue weighted by Crippen LogP contribution is 2.32. The van der Waals surface area contributed by atoms with E-state index in [1.807, 2.05) is 25.1 Å². The summed E-state index contributed by atoms with van der Waals surface area (Å²) in [6.45, 7) is 6.99. The summed E-state index contributed by atoms with van der Waals surface area (Å²) < 4.78 is 24.2. The Hall–Kier alpha value is -2.64. The Bertz CT molecular complexity index is 899. The van der Waals surface area contributed by atoms with Crippen molar-refractivity contribution >= 4 is 5.91 Å². The van der Waals surface area contributed by atoms with Gasteiger partial charge < -0.3 is 14.4 Å². The van der Waals surface area contributed by atoms with Gasteiger partial charge in [-0.2, -0.15) is 0 Å². The third-order valence-electron chi connectivity index (χ3n) is 5.84. The first-order valence-electron chi connectivity index (χ1n) is 10.3. The largest absolute Gasteiger partial charge is 0.454 e. The zero-order valence-electron chi connectivity index (χ0n) is 17.5. The minimum absolute atomic E-state index is 0.0588. The number of rotatable bonds is 6. The van der Waals surface area contributed by atoms with Crippen LogP contribution in [0.1, 0.15) is 18.1 Å². The van der Waals surface area contributed by atoms with Crippen LogP contribution in [0.2, 0.25) is 0 Å². The minimum atomic E-state index is -0.278. The van der Waals surface area contributed by atoms with E-state index < -0.39 is 0 Å². The van der Waals surface area contributed by atoms with Crippen molar-refractivity contribution in [3.63, 3.8) is 0 Å². The van der Waals surface area contributed by atoms with Crippen LogP contribution in [0.25, 0.3) is 0 Å². The second-order valence-electron chi connectivity index (χ2n) is 8.00. The zero-order valence-corrected chi connectivity index (χ0v) is 17.5. The molecule has 1 amide bonds. The number of ether oxygens (including phenoxy) is 2. The van der Waals surface area contributed by atoms with Crippen LogP contribution in [-0.4, -0.2) is 66.7 Å². The number of carbonyl (C=O) groups excluding carboxylic acids is 1. The molecule has 0 N–H and O–H groups in total. The Morgan fingerprint density at radius 1 is 1.07 bits per heavy atom. The molecule has 0 bridgehead atoms. The van der Waals surface area contributed by atoms with E-state index in [0.717, 1.165) is 49.8 Å². The van der Waals surface area contributed by atoms with Gasteiger partial charge >= 0.3 is 0 Å². The molecule has 0 unspecified atom stereocenters. The number of halogens is 1. The molecule has 7 heteroatoms. The molecule has 2 aliphatic rings. The summed E-state index contributed by atoms with van der Waals surface area (Å²) >= 11 is 0. The van der Waals surface area contributed by atoms with Gasteiger partial charge in [-0.05, 0) is 42.3 Å². The van der Waals surface area contributed by atoms with Gasteiger partial charge in [0.15, 0.2) is 11.5 Å². The van der Waals surface area contributed by atoms with E-state index in [0.29, 0.717) is 6.54 Å². The Labute approximate surface area is 176 Å². The molecule has 2 aromatic carbocycles. The number of fused-ring (bicyclic) bond motifs is 1. The van der Waals surface area contributed by atoms with Crippen molar-refractivity contribution in [1.29, 1.82) is 0 Å². The SMILES string of the molecule is C[C@@H](C(=O)N(C)Cc1cccc(F)c1)N1CCN(Cc2ccc3c(c2)OCO3)CC1. The number of likely N-dealkylation sites (N-methyl/N-ethyl adjacent to an activating group) is 1. The van der Waals surface area contributed by atoms with Crippen LogP contribution in [0.15, 0.2) is 42.5 Å². The van der Waals surface area contributed by atoms with Crippen molar-refractivity contribution in [3.05, 3.63) is 59.4 Å². The first kappa shape index (κ1) is 20.6. The fourth-order valence-electron chi connectivity index (χ4n) is 4.07. The molecule has 1 saturated heterocycles. The van der Waals surface area contributed by atoms with Gasteiger partial charge in [0, 0.05) is 46.3 Å². The highest BCUT2D eigenvalue weighted by molar-refractivity contribution is 5.81. The molecule has 0 spiro atoms. The Morgan fingerprint density at radius 3 is 2.60 bits per heavy atom. The predicted octanol–water partition coefficient (Wildman–Crippen LogP) is 2.72. The molecule has 0 saturated carbocycles. The maximum absolute atomic E-state index is 13.4. The second kappa shape index (κ2) is 9.02. The lowest BCUT2D eigenvalue weighted by atomic mass is 10.1. The molecular formula is C23H28FN3O3. The van der Waals surface area contributed by atoms with Crippen LogP contribution in [-0.2, 0) is 17.9 Å². The van der Waals surface area contributed by atoms with Crippen molar-refractivity contribution in [2.75, 3.05) is 40.0 Å². The van der Waals surface area contributed by atoms with Gasteiger partial charge in [-0.1, -0.05) is 18.2 Å². The van der Waals surface area contributed by atoms with E-state index in [1.165, 1.54) is 17.7 Å². The van der Waals surface area contributed by atoms with Gasteiger partial charge in [-0.3, -0.25) is 14.6 Å². The number of benzene rings is 2. The average Bonchev–Trinajstić information content (AvgIpc) is 3.21. The van der Waals surface area contributed by atoms with Gasteiger partial charge in [0.25, 0.3) is 0 Å². The van der Waals surface area contributed by atoms with E-state index in [1.54, 1.807) is 18.0 Å². The predicted molar refractivity (Wildman–Crippen MR) is 112 cm³/mol. The maximum atomic E-state index is 13.4. The smallest absolute Gasteiger partial charge is 0.239 e. The molecule has 0 radical (unpaired) electrons. The van der Waals surface area contributed by atoms with Crippen molar-refractivity contribution in [2.45, 2.75) is 26.1 Å². The average molecular weight is 413 g/mol. The molecule has 2 aromatic rings. The van der Waals surface area contributed by atoms with Crippen LogP contribution in [0.4, 0.5) is 4.39 Å². The number of hydrogen-bond acceptors (Lipinski definition) is 5. The fourth-order valence-corrected chi connectivity index (χ4v) is 4.07. The highest BCUT2D eigenvalue weighted by atomic mass is 19.1. The van der Waals surface area contributed by atoms with Gasteiger partial charge in [0.2, 0.25) is 12.7 Å². The first-order chi connectivity index (χ1) is 14.5. The summed E-state index contributed by atoms with van der Waals surface area (Å²) in [7, 11) is 1.78. The lowest BCUT2D eigenvalue weighted by Gasteiger charge is -2.38. The van der Waals surface area contributed by atoms with E-state index in [-0.39, 0.29) is 24.6 Å². The number of nitrogens with zero attached hydrogens (tertiary/aromatic N) is 3. The van der Waals surface area contributed by atoms with Crippen LogP contribution in [0.3, 0.4) is 0 Å². The molecule has 4 rings (SSSR count). The van der Waals surface area contributed by atoms with Gasteiger partial charge in [0.05, 0.1) is 6.04 Å². The topological polar surface area (TPSA) is 45.3 Å². The number of piperazine rings is 1. The third-order valence-corrected chi connectivity index (χ3v) is 5.84. The molecule has 1 fully saturated rings. The second-order valence-corrected chi connectivity index (χ2v) is 8.00. The fraction of sp³-hybridized carbons (Fsp3) is 0.435. The first-order valence-corrected chi connectivity index (χ1v) is 10.3. The summed E-state index contributed by atoms with van der Waals surface area (Å²) in [5.41, 5.74) is 2.00. The molecule has 6 nitrogen and oxygen atoms in total. The summed E-state index contributed by atoms with van der Waals surface area (Å²) in [6.07, 6.45) is 0. The quantitative estimate of drug-likeness (QED) is 0.729. The summed E-state index contributed by atoms with van der Waals surface area (Å²) in [4.78, 5) is 19.2. The Kier molecular flexibility index (Phi) is 6.20. The lowest BCUT2D eigenvalue weighted by molar-refractivity contribution is -0.136. The summed E-state index contributed by atoms with van der Waals surface area (Å²) in [5, 5.41) is 0.